The van der Waals surface area contributed by atoms with Crippen LogP contribution in [0, 0.1) is 35.0 Å². The lowest BCUT2D eigenvalue weighted by Gasteiger charge is -2.52. The number of hydrogen-bond donors (Lipinski definition) is 1. The summed E-state index contributed by atoms with van der Waals surface area (Å²) in [5.74, 6) is 2.92. The van der Waals surface area contributed by atoms with Gasteiger partial charge in [-0.25, -0.2) is 4.79 Å². The molecule has 6 aliphatic rings. The lowest BCUT2D eigenvalue weighted by molar-refractivity contribution is -0.130. The molecular formula is C35H48N2O4. The van der Waals surface area contributed by atoms with Crippen molar-refractivity contribution in [2.75, 3.05) is 6.54 Å². The van der Waals surface area contributed by atoms with Crippen LogP contribution >= 0.6 is 0 Å². The van der Waals surface area contributed by atoms with E-state index in [1.807, 2.05) is 35.2 Å². The maximum atomic E-state index is 13.5. The van der Waals surface area contributed by atoms with E-state index in [1.54, 1.807) is 11.1 Å². The Morgan fingerprint density at radius 1 is 1.15 bits per heavy atom. The molecule has 0 aromatic heterocycles. The Morgan fingerprint density at radius 3 is 2.76 bits per heavy atom. The molecule has 5 fully saturated rings. The van der Waals surface area contributed by atoms with Gasteiger partial charge in [0.05, 0.1) is 17.7 Å². The van der Waals surface area contributed by atoms with Crippen molar-refractivity contribution in [2.45, 2.75) is 116 Å². The van der Waals surface area contributed by atoms with Crippen molar-refractivity contribution in [3.63, 3.8) is 0 Å². The maximum Gasteiger partial charge on any atom is 0.410 e. The van der Waals surface area contributed by atoms with Gasteiger partial charge >= 0.3 is 6.09 Å². The van der Waals surface area contributed by atoms with E-state index in [-0.39, 0.29) is 41.1 Å². The van der Waals surface area contributed by atoms with Crippen LogP contribution in [-0.2, 0) is 20.9 Å². The summed E-state index contributed by atoms with van der Waals surface area (Å²) in [5.41, 5.74) is 4.27. The number of fused-ring (bicyclic) bond motifs is 6. The molecule has 222 valence electrons. The van der Waals surface area contributed by atoms with Crippen LogP contribution in [0.5, 0.6) is 0 Å². The predicted molar refractivity (Wildman–Crippen MR) is 158 cm³/mol. The fourth-order valence-electron chi connectivity index (χ4n) is 10.5. The smallest absolute Gasteiger partial charge is 0.410 e. The van der Waals surface area contributed by atoms with Gasteiger partial charge in [-0.3, -0.25) is 4.79 Å². The molecule has 6 heteroatoms. The zero-order valence-electron chi connectivity index (χ0n) is 25.4. The number of allylic oxidation sites excluding steroid dienone is 1. The third-order valence-corrected chi connectivity index (χ3v) is 12.6. The molecular weight excluding hydrogens is 512 g/mol. The number of amides is 2. The summed E-state index contributed by atoms with van der Waals surface area (Å²) in [4.78, 5) is 27.7. The second kappa shape index (κ2) is 10.1. The van der Waals surface area contributed by atoms with E-state index >= 15 is 0 Å². The van der Waals surface area contributed by atoms with Crippen molar-refractivity contribution in [1.29, 1.82) is 0 Å². The molecule has 3 saturated heterocycles. The van der Waals surface area contributed by atoms with Crippen LogP contribution in [0.4, 0.5) is 4.79 Å². The largest absolute Gasteiger partial charge is 0.445 e. The summed E-state index contributed by atoms with van der Waals surface area (Å²) >= 11 is 0. The van der Waals surface area contributed by atoms with E-state index in [1.165, 1.54) is 19.3 Å². The summed E-state index contributed by atoms with van der Waals surface area (Å²) in [6.07, 6.45) is 9.34. The van der Waals surface area contributed by atoms with Gasteiger partial charge in [-0.05, 0) is 92.9 Å². The SMILES string of the molecule is CC1=C2CC3C(CCC4NC(=O)CCC43C)C2CCC2(C1)OC1CC(C)CN(C(=O)OCc3ccccc3)C1C2C. The number of nitrogens with one attached hydrogen (secondary N) is 1. The van der Waals surface area contributed by atoms with Gasteiger partial charge in [-0.2, -0.15) is 0 Å². The number of carbonyl (C=O) groups excluding carboxylic acids is 2. The molecule has 2 saturated carbocycles. The minimum absolute atomic E-state index is 0.0677. The minimum Gasteiger partial charge on any atom is -0.445 e. The molecule has 1 aromatic rings. The number of hydrogen-bond acceptors (Lipinski definition) is 4. The van der Waals surface area contributed by atoms with Gasteiger partial charge in [0.15, 0.2) is 0 Å². The number of piperidine rings is 2. The topological polar surface area (TPSA) is 67.9 Å². The molecule has 10 unspecified atom stereocenters. The zero-order chi connectivity index (χ0) is 28.5. The van der Waals surface area contributed by atoms with Gasteiger partial charge in [0, 0.05) is 24.9 Å². The van der Waals surface area contributed by atoms with Crippen LogP contribution in [0.3, 0.4) is 0 Å². The Morgan fingerprint density at radius 2 is 1.95 bits per heavy atom. The number of nitrogens with zero attached hydrogens (tertiary/aromatic N) is 1. The molecule has 0 radical (unpaired) electrons. The predicted octanol–water partition coefficient (Wildman–Crippen LogP) is 6.64. The standard InChI is InChI=1S/C35H48N2O4/c1-21-16-29-32(37(19-21)33(39)40-20-24-8-6-5-7-9-24)23(3)35(41-29)15-12-25-26-10-11-30-34(4,14-13-31(38)36-30)28(26)17-27(25)22(2)18-35/h5-9,21,23,25-26,28-30,32H,10-20H2,1-4H3,(H,36,38). The molecule has 10 atom stereocenters. The third-order valence-electron chi connectivity index (χ3n) is 12.6. The highest BCUT2D eigenvalue weighted by Gasteiger charge is 2.61. The van der Waals surface area contributed by atoms with Crippen molar-refractivity contribution in [2.24, 2.45) is 35.0 Å². The molecule has 2 amide bonds. The fraction of sp³-hybridized carbons (Fsp3) is 0.714. The van der Waals surface area contributed by atoms with Crippen molar-refractivity contribution in [3.05, 3.63) is 47.0 Å². The van der Waals surface area contributed by atoms with Gasteiger partial charge in [0.2, 0.25) is 5.91 Å². The highest BCUT2D eigenvalue weighted by atomic mass is 16.6. The molecule has 3 heterocycles. The molecule has 7 rings (SSSR count). The molecule has 3 aliphatic carbocycles. The highest BCUT2D eigenvalue weighted by Crippen LogP contribution is 2.63. The molecule has 6 nitrogen and oxygen atoms in total. The maximum absolute atomic E-state index is 13.5. The summed E-state index contributed by atoms with van der Waals surface area (Å²) in [6.45, 7) is 10.5. The van der Waals surface area contributed by atoms with Gasteiger partial charge < -0.3 is 19.7 Å². The van der Waals surface area contributed by atoms with Gasteiger partial charge in [-0.15, -0.1) is 0 Å². The fourth-order valence-corrected chi connectivity index (χ4v) is 10.5. The van der Waals surface area contributed by atoms with E-state index in [0.717, 1.165) is 50.1 Å². The van der Waals surface area contributed by atoms with E-state index in [4.69, 9.17) is 9.47 Å². The first-order valence-electron chi connectivity index (χ1n) is 16.3. The minimum atomic E-state index is -0.214. The van der Waals surface area contributed by atoms with Crippen molar-refractivity contribution in [1.82, 2.24) is 10.2 Å². The van der Waals surface area contributed by atoms with Crippen LogP contribution in [0.1, 0.15) is 91.0 Å². The molecule has 1 spiro atoms. The van der Waals surface area contributed by atoms with Crippen LogP contribution < -0.4 is 5.32 Å². The first-order chi connectivity index (χ1) is 19.7. The Labute approximate surface area is 245 Å². The Kier molecular flexibility index (Phi) is 6.80. The van der Waals surface area contributed by atoms with Crippen LogP contribution in [0.2, 0.25) is 0 Å². The molecule has 1 N–H and O–H groups in total. The first-order valence-corrected chi connectivity index (χ1v) is 16.3. The van der Waals surface area contributed by atoms with E-state index in [9.17, 15) is 9.59 Å². The Bertz CT molecular complexity index is 1230. The van der Waals surface area contributed by atoms with Gasteiger partial charge in [-0.1, -0.05) is 62.2 Å². The van der Waals surface area contributed by atoms with Crippen LogP contribution in [0.15, 0.2) is 41.5 Å². The summed E-state index contributed by atoms with van der Waals surface area (Å²) < 4.78 is 13.0. The van der Waals surface area contributed by atoms with Crippen LogP contribution in [-0.4, -0.2) is 47.2 Å². The lowest BCUT2D eigenvalue weighted by atomic mass is 9.57. The second-order valence-corrected chi connectivity index (χ2v) is 14.8. The Hall–Kier alpha value is -2.34. The number of benzene rings is 1. The van der Waals surface area contributed by atoms with Crippen molar-refractivity contribution < 1.29 is 19.1 Å². The molecule has 3 aliphatic heterocycles. The van der Waals surface area contributed by atoms with Crippen LogP contribution in [0.25, 0.3) is 0 Å². The van der Waals surface area contributed by atoms with E-state index < -0.39 is 0 Å². The summed E-state index contributed by atoms with van der Waals surface area (Å²) in [5, 5.41) is 3.37. The number of rotatable bonds is 2. The third kappa shape index (κ3) is 4.46. The number of ether oxygens (including phenoxy) is 2. The normalized spacial score (nSPS) is 43.5. The highest BCUT2D eigenvalue weighted by molar-refractivity contribution is 5.77. The summed E-state index contributed by atoms with van der Waals surface area (Å²) in [6, 6.07) is 10.4. The van der Waals surface area contributed by atoms with Gasteiger partial charge in [0.1, 0.15) is 6.61 Å². The first kappa shape index (κ1) is 27.5. The van der Waals surface area contributed by atoms with Gasteiger partial charge in [0.25, 0.3) is 0 Å². The molecule has 41 heavy (non-hydrogen) atoms. The quantitative estimate of drug-likeness (QED) is 0.412. The van der Waals surface area contributed by atoms with Crippen molar-refractivity contribution in [3.8, 4) is 0 Å². The van der Waals surface area contributed by atoms with E-state index in [2.05, 4.69) is 33.0 Å². The summed E-state index contributed by atoms with van der Waals surface area (Å²) in [7, 11) is 0. The molecule has 0 bridgehead atoms. The average Bonchev–Trinajstić information content (AvgIpc) is 3.42. The number of carbonyl (C=O) groups is 2. The average molecular weight is 561 g/mol. The lowest BCUT2D eigenvalue weighted by Crippen LogP contribution is -2.57. The zero-order valence-corrected chi connectivity index (χ0v) is 25.4. The number of likely N-dealkylation sites (tertiary alicyclic amines) is 1. The second-order valence-electron chi connectivity index (χ2n) is 14.8. The molecule has 1 aromatic carbocycles. The monoisotopic (exact) mass is 560 g/mol. The Balaban J connectivity index is 1.11. The van der Waals surface area contributed by atoms with E-state index in [0.29, 0.717) is 36.8 Å². The van der Waals surface area contributed by atoms with Crippen molar-refractivity contribution >= 4 is 12.0 Å².